The highest BCUT2D eigenvalue weighted by molar-refractivity contribution is 5.98. The minimum Gasteiger partial charge on any atom is -0.462 e. The summed E-state index contributed by atoms with van der Waals surface area (Å²) in [6, 6.07) is 6.13. The Morgan fingerprint density at radius 1 is 1.39 bits per heavy atom. The molecule has 5 heterocycles. The quantitative estimate of drug-likeness (QED) is 0.495. The molecule has 1 N–H and O–H groups in total. The Labute approximate surface area is 179 Å². The van der Waals surface area contributed by atoms with Gasteiger partial charge in [0.1, 0.15) is 17.0 Å². The van der Waals surface area contributed by atoms with E-state index in [9.17, 15) is 4.79 Å². The van der Waals surface area contributed by atoms with Gasteiger partial charge in [-0.2, -0.15) is 9.61 Å². The molecule has 0 aliphatic carbocycles. The van der Waals surface area contributed by atoms with Gasteiger partial charge in [0, 0.05) is 43.1 Å². The van der Waals surface area contributed by atoms with Crippen molar-refractivity contribution >= 4 is 28.5 Å². The van der Waals surface area contributed by atoms with Crippen molar-refractivity contribution in [1.82, 2.24) is 24.1 Å². The molecule has 1 aliphatic rings. The fourth-order valence-electron chi connectivity index (χ4n) is 4.14. The summed E-state index contributed by atoms with van der Waals surface area (Å²) in [4.78, 5) is 21.9. The van der Waals surface area contributed by atoms with Crippen LogP contribution in [0.1, 0.15) is 36.2 Å². The molecule has 0 bridgehead atoms. The first kappa shape index (κ1) is 19.5. The second kappa shape index (κ2) is 7.99. The molecule has 0 amide bonds. The number of fused-ring (bicyclic) bond motifs is 2. The van der Waals surface area contributed by atoms with E-state index in [4.69, 9.17) is 14.5 Å². The predicted molar refractivity (Wildman–Crippen MR) is 116 cm³/mol. The fourth-order valence-corrected chi connectivity index (χ4v) is 4.14. The van der Waals surface area contributed by atoms with Crippen molar-refractivity contribution in [2.24, 2.45) is 0 Å². The Morgan fingerprint density at radius 3 is 3.06 bits per heavy atom. The molecule has 1 saturated heterocycles. The summed E-state index contributed by atoms with van der Waals surface area (Å²) >= 11 is 0. The summed E-state index contributed by atoms with van der Waals surface area (Å²) in [5.41, 5.74) is 3.37. The lowest BCUT2D eigenvalue weighted by molar-refractivity contribution is 0.0528. The molecule has 1 aliphatic heterocycles. The van der Waals surface area contributed by atoms with Crippen LogP contribution in [0.3, 0.4) is 0 Å². The second-order valence-electron chi connectivity index (χ2n) is 7.49. The van der Waals surface area contributed by atoms with Crippen LogP contribution in [0, 0.1) is 0 Å². The van der Waals surface area contributed by atoms with Gasteiger partial charge in [-0.25, -0.2) is 14.8 Å². The molecule has 1 atom stereocenters. The molecule has 31 heavy (non-hydrogen) atoms. The molecule has 9 nitrogen and oxygen atoms in total. The Balaban J connectivity index is 1.70. The number of pyridine rings is 1. The molecule has 1 fully saturated rings. The van der Waals surface area contributed by atoms with Gasteiger partial charge in [0.05, 0.1) is 31.1 Å². The van der Waals surface area contributed by atoms with Gasteiger partial charge in [0.25, 0.3) is 0 Å². The smallest absolute Gasteiger partial charge is 0.343 e. The van der Waals surface area contributed by atoms with Crippen LogP contribution in [0.25, 0.3) is 27.9 Å². The van der Waals surface area contributed by atoms with Crippen LogP contribution in [0.15, 0.2) is 36.8 Å². The van der Waals surface area contributed by atoms with Crippen LogP contribution in [0.2, 0.25) is 0 Å². The Hall–Kier alpha value is -3.46. The van der Waals surface area contributed by atoms with Crippen molar-refractivity contribution < 1.29 is 14.3 Å². The molecule has 0 radical (unpaired) electrons. The number of nitrogens with zero attached hydrogens (tertiary/aromatic N) is 5. The topological polar surface area (TPSA) is 95.6 Å². The van der Waals surface area contributed by atoms with Crippen molar-refractivity contribution in [3.63, 3.8) is 0 Å². The molecule has 5 rings (SSSR count). The first-order chi connectivity index (χ1) is 15.2. The highest BCUT2D eigenvalue weighted by atomic mass is 16.5. The highest BCUT2D eigenvalue weighted by Crippen LogP contribution is 2.34. The Morgan fingerprint density at radius 2 is 2.29 bits per heavy atom. The van der Waals surface area contributed by atoms with Crippen molar-refractivity contribution in [2.75, 3.05) is 32.2 Å². The summed E-state index contributed by atoms with van der Waals surface area (Å²) in [6.45, 7) is 3.54. The van der Waals surface area contributed by atoms with Gasteiger partial charge in [-0.15, -0.1) is 0 Å². The molecular formula is C22H24N6O3. The van der Waals surface area contributed by atoms with E-state index in [0.717, 1.165) is 47.6 Å². The molecule has 0 aromatic carbocycles. The molecule has 0 spiro atoms. The molecule has 4 aromatic heterocycles. The van der Waals surface area contributed by atoms with E-state index < -0.39 is 5.97 Å². The summed E-state index contributed by atoms with van der Waals surface area (Å²) in [7, 11) is 1.81. The van der Waals surface area contributed by atoms with Crippen LogP contribution in [-0.4, -0.2) is 57.0 Å². The number of hydrogen-bond donors (Lipinski definition) is 1. The maximum Gasteiger partial charge on any atom is 0.343 e. The number of anilines is 1. The van der Waals surface area contributed by atoms with Crippen molar-refractivity contribution in [1.29, 1.82) is 0 Å². The maximum absolute atomic E-state index is 12.4. The first-order valence-corrected chi connectivity index (χ1v) is 10.5. The number of nitrogens with one attached hydrogen (secondary N) is 1. The molecule has 0 unspecified atom stereocenters. The van der Waals surface area contributed by atoms with E-state index in [1.165, 1.54) is 6.20 Å². The number of carbonyl (C=O) groups is 1. The maximum atomic E-state index is 12.4. The third kappa shape index (κ3) is 3.31. The van der Waals surface area contributed by atoms with E-state index in [1.807, 2.05) is 25.2 Å². The van der Waals surface area contributed by atoms with E-state index in [2.05, 4.69) is 26.2 Å². The molecule has 0 saturated carbocycles. The molecule has 4 aromatic rings. The number of rotatable bonds is 5. The van der Waals surface area contributed by atoms with Crippen LogP contribution >= 0.6 is 0 Å². The van der Waals surface area contributed by atoms with E-state index in [0.29, 0.717) is 17.8 Å². The average molecular weight is 420 g/mol. The van der Waals surface area contributed by atoms with Gasteiger partial charge in [-0.05, 0) is 31.9 Å². The van der Waals surface area contributed by atoms with Gasteiger partial charge < -0.3 is 19.4 Å². The van der Waals surface area contributed by atoms with Crippen molar-refractivity contribution in [3.8, 4) is 11.3 Å². The van der Waals surface area contributed by atoms with E-state index in [-0.39, 0.29) is 12.6 Å². The average Bonchev–Trinajstić information content (AvgIpc) is 3.41. The van der Waals surface area contributed by atoms with E-state index in [1.54, 1.807) is 17.6 Å². The van der Waals surface area contributed by atoms with Crippen LogP contribution in [0.4, 0.5) is 5.82 Å². The normalized spacial score (nSPS) is 16.6. The third-order valence-electron chi connectivity index (χ3n) is 5.62. The molecule has 9 heteroatoms. The Kier molecular flexibility index (Phi) is 5.03. The minimum atomic E-state index is -0.437. The van der Waals surface area contributed by atoms with Crippen LogP contribution in [-0.2, 0) is 9.47 Å². The third-order valence-corrected chi connectivity index (χ3v) is 5.62. The van der Waals surface area contributed by atoms with Gasteiger partial charge in [-0.1, -0.05) is 0 Å². The van der Waals surface area contributed by atoms with Gasteiger partial charge in [0.15, 0.2) is 5.65 Å². The summed E-state index contributed by atoms with van der Waals surface area (Å²) < 4.78 is 14.7. The van der Waals surface area contributed by atoms with Gasteiger partial charge in [-0.3, -0.25) is 0 Å². The SMILES string of the molecule is CCOC(=O)c1cnn2c(NC)cc(-c3cn([C@@H]4CCCOC4)c4ncccc34)nc12. The second-order valence-corrected chi connectivity index (χ2v) is 7.49. The van der Waals surface area contributed by atoms with Crippen LogP contribution in [0.5, 0.6) is 0 Å². The van der Waals surface area contributed by atoms with Crippen LogP contribution < -0.4 is 5.32 Å². The number of aromatic nitrogens is 5. The lowest BCUT2D eigenvalue weighted by atomic mass is 10.1. The summed E-state index contributed by atoms with van der Waals surface area (Å²) in [6.07, 6.45) is 7.46. The van der Waals surface area contributed by atoms with Crippen molar-refractivity contribution in [3.05, 3.63) is 42.4 Å². The lowest BCUT2D eigenvalue weighted by Crippen LogP contribution is -2.20. The fraction of sp³-hybridized carbons (Fsp3) is 0.364. The largest absolute Gasteiger partial charge is 0.462 e. The number of ether oxygens (including phenoxy) is 2. The zero-order valence-corrected chi connectivity index (χ0v) is 17.5. The molecular weight excluding hydrogens is 396 g/mol. The van der Waals surface area contributed by atoms with Gasteiger partial charge in [0.2, 0.25) is 0 Å². The number of carbonyl (C=O) groups excluding carboxylic acids is 1. The zero-order valence-electron chi connectivity index (χ0n) is 17.5. The number of esters is 1. The zero-order chi connectivity index (χ0) is 21.4. The standard InChI is InChI=1S/C22H24N6O3/c1-3-31-22(29)16-11-25-28-19(23-2)10-18(26-21(16)28)17-12-27(14-6-5-9-30-13-14)20-15(17)7-4-8-24-20/h4,7-8,10-12,14,23H,3,5-6,9,13H2,1-2H3/t14-/m1/s1. The van der Waals surface area contributed by atoms with E-state index >= 15 is 0 Å². The Bertz CT molecular complexity index is 1260. The minimum absolute atomic E-state index is 0.234. The summed E-state index contributed by atoms with van der Waals surface area (Å²) in [5, 5.41) is 8.48. The van der Waals surface area contributed by atoms with Gasteiger partial charge >= 0.3 is 5.97 Å². The summed E-state index contributed by atoms with van der Waals surface area (Å²) in [5.74, 6) is 0.286. The first-order valence-electron chi connectivity index (χ1n) is 10.5. The lowest BCUT2D eigenvalue weighted by Gasteiger charge is -2.24. The predicted octanol–water partition coefficient (Wildman–Crippen LogP) is 3.32. The van der Waals surface area contributed by atoms with Crippen molar-refractivity contribution in [2.45, 2.75) is 25.8 Å². The highest BCUT2D eigenvalue weighted by Gasteiger charge is 2.23. The number of hydrogen-bond acceptors (Lipinski definition) is 7. The monoisotopic (exact) mass is 420 g/mol. The molecule has 160 valence electrons.